The molecule has 20 heavy (non-hydrogen) atoms. The lowest BCUT2D eigenvalue weighted by Crippen LogP contribution is -2.32. The highest BCUT2D eigenvalue weighted by Gasteiger charge is 2.23. The van der Waals surface area contributed by atoms with E-state index in [2.05, 4.69) is 0 Å². The van der Waals surface area contributed by atoms with E-state index < -0.39 is 33.8 Å². The van der Waals surface area contributed by atoms with Gasteiger partial charge < -0.3 is 19.8 Å². The van der Waals surface area contributed by atoms with Crippen LogP contribution in [0, 0.1) is 0 Å². The Bertz CT molecular complexity index is 528. The maximum Gasteiger partial charge on any atom is 0.0725 e. The van der Waals surface area contributed by atoms with Crippen LogP contribution in [0.2, 0.25) is 0 Å². The molecule has 6 heteroatoms. The van der Waals surface area contributed by atoms with Crippen molar-refractivity contribution in [3.63, 3.8) is 0 Å². The fraction of sp³-hybridized carbons (Fsp3) is 0.429. The highest BCUT2D eigenvalue weighted by molar-refractivity contribution is 6.23. The van der Waals surface area contributed by atoms with Gasteiger partial charge in [-0.05, 0) is 24.0 Å². The predicted octanol–water partition coefficient (Wildman–Crippen LogP) is 1.79. The molecule has 0 amide bonds. The van der Waals surface area contributed by atoms with Crippen molar-refractivity contribution in [3.05, 3.63) is 34.4 Å². The molecule has 4 nitrogen and oxygen atoms in total. The Balaban J connectivity index is 3.70. The number of carbonyl (C=O) groups is 2. The summed E-state index contributed by atoms with van der Waals surface area (Å²) < 4.78 is 0. The maximum atomic E-state index is 11.3. The van der Waals surface area contributed by atoms with Crippen molar-refractivity contribution >= 4 is 35.1 Å². The van der Waals surface area contributed by atoms with Crippen LogP contribution in [-0.2, 0) is 0 Å². The predicted molar refractivity (Wildman–Crippen MR) is 72.9 cm³/mol. The number of hydrogen-bond donors (Lipinski definition) is 0. The first-order chi connectivity index (χ1) is 9.34. The minimum atomic E-state index is -1.60. The van der Waals surface area contributed by atoms with Crippen molar-refractivity contribution in [1.82, 2.24) is 0 Å². The van der Waals surface area contributed by atoms with E-state index in [9.17, 15) is 19.8 Å². The summed E-state index contributed by atoms with van der Waals surface area (Å²) in [4.78, 5) is 22.4. The summed E-state index contributed by atoms with van der Waals surface area (Å²) in [5.74, 6) is -3.18. The first-order valence-corrected chi connectivity index (χ1v) is 7.09. The van der Waals surface area contributed by atoms with E-state index in [1.165, 1.54) is 12.1 Å². The molecule has 0 saturated carbocycles. The van der Waals surface area contributed by atoms with Gasteiger partial charge in [0.15, 0.2) is 0 Å². The van der Waals surface area contributed by atoms with Crippen LogP contribution in [0.3, 0.4) is 0 Å². The van der Waals surface area contributed by atoms with E-state index in [0.717, 1.165) is 0 Å². The Labute approximate surface area is 127 Å². The molecule has 0 aliphatic carbocycles. The molecule has 0 saturated heterocycles. The zero-order valence-corrected chi connectivity index (χ0v) is 12.6. The van der Waals surface area contributed by atoms with Crippen LogP contribution in [0.15, 0.2) is 12.1 Å². The molecule has 1 rings (SSSR count). The van der Waals surface area contributed by atoms with Gasteiger partial charge in [-0.25, -0.2) is 0 Å². The van der Waals surface area contributed by atoms with Crippen molar-refractivity contribution < 1.29 is 19.8 Å². The number of benzene rings is 1. The highest BCUT2D eigenvalue weighted by atomic mass is 35.5. The zero-order chi connectivity index (χ0) is 15.4. The average Bonchev–Trinajstić information content (AvgIpc) is 2.43. The van der Waals surface area contributed by atoms with E-state index in [1.807, 2.05) is 6.92 Å². The third-order valence-corrected chi connectivity index (χ3v) is 4.14. The summed E-state index contributed by atoms with van der Waals surface area (Å²) in [7, 11) is 0. The van der Waals surface area contributed by atoms with Gasteiger partial charge in [-0.1, -0.05) is 26.0 Å². The molecule has 2 unspecified atom stereocenters. The fourth-order valence-electron chi connectivity index (χ4n) is 2.06. The Kier molecular flexibility index (Phi) is 5.84. The third-order valence-electron chi connectivity index (χ3n) is 3.07. The van der Waals surface area contributed by atoms with Crippen LogP contribution < -0.4 is 10.2 Å². The maximum absolute atomic E-state index is 11.3. The molecule has 0 bridgehead atoms. The van der Waals surface area contributed by atoms with Gasteiger partial charge in [-0.3, -0.25) is 0 Å². The number of carbonyl (C=O) groups excluding carboxylic acids is 2. The summed E-state index contributed by atoms with van der Waals surface area (Å²) >= 11 is 12.3. The molecule has 110 valence electrons. The zero-order valence-electron chi connectivity index (χ0n) is 11.1. The van der Waals surface area contributed by atoms with Gasteiger partial charge in [0.1, 0.15) is 0 Å². The van der Waals surface area contributed by atoms with Crippen LogP contribution in [-0.4, -0.2) is 11.9 Å². The van der Waals surface area contributed by atoms with Crippen LogP contribution in [0.25, 0.3) is 0 Å². The molecule has 0 radical (unpaired) electrons. The number of halogens is 2. The number of carboxylic acids is 2. The quantitative estimate of drug-likeness (QED) is 0.749. The minimum absolute atomic E-state index is 0.206. The summed E-state index contributed by atoms with van der Waals surface area (Å²) in [5.41, 5.74) is -0.163. The van der Waals surface area contributed by atoms with Crippen LogP contribution in [0.1, 0.15) is 69.3 Å². The molecular formula is C14H14Cl2O4-2. The molecule has 2 atom stereocenters. The lowest BCUT2D eigenvalue weighted by atomic mass is 9.90. The first-order valence-electron chi connectivity index (χ1n) is 6.22. The Morgan fingerprint density at radius 2 is 1.60 bits per heavy atom. The van der Waals surface area contributed by atoms with Gasteiger partial charge >= 0.3 is 0 Å². The number of carboxylic acid groups (broad SMARTS) is 2. The lowest BCUT2D eigenvalue weighted by molar-refractivity contribution is -0.259. The number of rotatable bonds is 6. The summed E-state index contributed by atoms with van der Waals surface area (Å²) in [6.07, 6.45) is 0.984. The second kappa shape index (κ2) is 6.95. The van der Waals surface area contributed by atoms with E-state index in [1.54, 1.807) is 6.92 Å². The monoisotopic (exact) mass is 316 g/mol. The molecule has 1 aromatic rings. The number of hydrogen-bond acceptors (Lipinski definition) is 4. The molecule has 0 N–H and O–H groups in total. The largest absolute Gasteiger partial charge is 0.545 e. The normalized spacial score (nSPS) is 13.8. The Morgan fingerprint density at radius 3 is 2.00 bits per heavy atom. The van der Waals surface area contributed by atoms with Crippen molar-refractivity contribution in [1.29, 1.82) is 0 Å². The van der Waals surface area contributed by atoms with Crippen molar-refractivity contribution in [2.75, 3.05) is 0 Å². The van der Waals surface area contributed by atoms with E-state index in [0.29, 0.717) is 18.4 Å². The van der Waals surface area contributed by atoms with Gasteiger partial charge in [0, 0.05) is 11.1 Å². The van der Waals surface area contributed by atoms with Crippen molar-refractivity contribution in [3.8, 4) is 0 Å². The minimum Gasteiger partial charge on any atom is -0.545 e. The molecule has 0 spiro atoms. The van der Waals surface area contributed by atoms with Gasteiger partial charge in [0.2, 0.25) is 0 Å². The van der Waals surface area contributed by atoms with Gasteiger partial charge in [0.05, 0.1) is 22.7 Å². The standard InChI is InChI=1S/C14H16Cl2O4/c1-3-9(15)7-5-6-8(13(17)18)12(14(19)20)11(7)10(16)4-2/h5-6,9-10H,3-4H2,1-2H3,(H,17,18)(H,19,20)/p-2. The second-order valence-corrected chi connectivity index (χ2v) is 5.37. The van der Waals surface area contributed by atoms with Crippen LogP contribution in [0.4, 0.5) is 0 Å². The van der Waals surface area contributed by atoms with E-state index >= 15 is 0 Å². The lowest BCUT2D eigenvalue weighted by Gasteiger charge is -2.24. The second-order valence-electron chi connectivity index (χ2n) is 4.32. The highest BCUT2D eigenvalue weighted by Crippen LogP contribution is 2.38. The summed E-state index contributed by atoms with van der Waals surface area (Å²) in [6.45, 7) is 3.60. The smallest absolute Gasteiger partial charge is 0.0725 e. The Morgan fingerprint density at radius 1 is 1.05 bits per heavy atom. The number of alkyl halides is 2. The van der Waals surface area contributed by atoms with Crippen molar-refractivity contribution in [2.45, 2.75) is 37.4 Å². The molecular weight excluding hydrogens is 303 g/mol. The van der Waals surface area contributed by atoms with Crippen molar-refractivity contribution in [2.24, 2.45) is 0 Å². The molecule has 0 aliphatic heterocycles. The molecule has 1 aromatic carbocycles. The Hall–Kier alpha value is -1.26. The van der Waals surface area contributed by atoms with Gasteiger partial charge in [-0.2, -0.15) is 0 Å². The summed E-state index contributed by atoms with van der Waals surface area (Å²) in [6, 6.07) is 2.66. The van der Waals surface area contributed by atoms with E-state index in [-0.39, 0.29) is 5.56 Å². The first kappa shape index (κ1) is 16.8. The average molecular weight is 317 g/mol. The summed E-state index contributed by atoms with van der Waals surface area (Å²) in [5, 5.41) is 21.3. The topological polar surface area (TPSA) is 80.3 Å². The molecule has 0 heterocycles. The SMILES string of the molecule is CCC(Cl)c1ccc(C(=O)[O-])c(C(=O)[O-])c1C(Cl)CC. The van der Waals surface area contributed by atoms with Gasteiger partial charge in [-0.15, -0.1) is 23.2 Å². The molecule has 0 fully saturated rings. The molecule has 0 aliphatic rings. The van der Waals surface area contributed by atoms with E-state index in [4.69, 9.17) is 23.2 Å². The van der Waals surface area contributed by atoms with Crippen LogP contribution >= 0.6 is 23.2 Å². The fourth-order valence-corrected chi connectivity index (χ4v) is 2.49. The molecule has 0 aromatic heterocycles. The number of aromatic carboxylic acids is 2. The third kappa shape index (κ3) is 3.25. The van der Waals surface area contributed by atoms with Crippen LogP contribution in [0.5, 0.6) is 0 Å². The van der Waals surface area contributed by atoms with Gasteiger partial charge in [0.25, 0.3) is 0 Å².